The Labute approximate surface area is 340 Å². The normalized spacial score (nSPS) is 14.0. The van der Waals surface area contributed by atoms with E-state index in [4.69, 9.17) is 0 Å². The molecule has 0 aliphatic heterocycles. The van der Waals surface area contributed by atoms with E-state index in [2.05, 4.69) is 205 Å². The van der Waals surface area contributed by atoms with Crippen LogP contribution in [-0.4, -0.2) is 8.80 Å². The molecule has 3 heteroatoms. The second kappa shape index (κ2) is 11.6. The number of nitrogens with zero attached hydrogens (tertiary/aromatic N) is 2. The zero-order chi connectivity index (χ0) is 40.2. The molecule has 286 valence electrons. The number of para-hydroxylation sites is 2. The lowest BCUT2D eigenvalue weighted by Gasteiger charge is -2.20. The van der Waals surface area contributed by atoms with E-state index in [1.165, 1.54) is 120 Å². The van der Waals surface area contributed by atoms with Gasteiger partial charge in [-0.2, -0.15) is 0 Å². The summed E-state index contributed by atoms with van der Waals surface area (Å²) in [5, 5.41) is 10.6. The minimum Gasteiger partial charge on any atom is -0.308 e. The third-order valence-corrected chi connectivity index (χ3v) is 13.3. The van der Waals surface area contributed by atoms with Crippen molar-refractivity contribution in [2.24, 2.45) is 0 Å². The number of benzene rings is 7. The monoisotopic (exact) mass is 754 g/mol. The van der Waals surface area contributed by atoms with Crippen LogP contribution in [0.1, 0.15) is 84.6 Å². The number of hydrogen-bond acceptors (Lipinski definition) is 0. The first kappa shape index (κ1) is 35.3. The SMILES string of the molecule is Cc1ccccc1[NH+](c1ccccc1)c1ccc2c3cc(C(C)(C)C)cc4c5cc6c(cc5n(c2c1)c34)c1cc(C(C)(C)C)cc2c3cc(C(C)(C)C)ccc3n6c21. The highest BCUT2D eigenvalue weighted by atomic mass is 15.1. The van der Waals surface area contributed by atoms with Crippen LogP contribution in [0.3, 0.4) is 0 Å². The lowest BCUT2D eigenvalue weighted by Crippen LogP contribution is -2.97. The van der Waals surface area contributed by atoms with E-state index < -0.39 is 0 Å². The molecule has 3 nitrogen and oxygen atoms in total. The van der Waals surface area contributed by atoms with Gasteiger partial charge in [0.2, 0.25) is 0 Å². The highest BCUT2D eigenvalue weighted by Crippen LogP contribution is 2.47. The molecule has 1 unspecified atom stereocenters. The lowest BCUT2D eigenvalue weighted by molar-refractivity contribution is -0.681. The fourth-order valence-corrected chi connectivity index (χ4v) is 10.0. The van der Waals surface area contributed by atoms with Crippen LogP contribution in [0.4, 0.5) is 17.1 Å². The van der Waals surface area contributed by atoms with Crippen LogP contribution >= 0.6 is 0 Å². The molecule has 1 N–H and O–H groups in total. The molecule has 58 heavy (non-hydrogen) atoms. The predicted octanol–water partition coefficient (Wildman–Crippen LogP) is 14.4. The topological polar surface area (TPSA) is 13.3 Å². The molecule has 4 aromatic heterocycles. The average molecular weight is 755 g/mol. The molecule has 1 atom stereocenters. The largest absolute Gasteiger partial charge is 0.308 e. The van der Waals surface area contributed by atoms with Crippen molar-refractivity contribution in [1.82, 2.24) is 8.80 Å². The summed E-state index contributed by atoms with van der Waals surface area (Å²) < 4.78 is 5.17. The fraction of sp³-hybridized carbons (Fsp3) is 0.236. The van der Waals surface area contributed by atoms with Crippen LogP contribution in [0.15, 0.2) is 127 Å². The summed E-state index contributed by atoms with van der Waals surface area (Å²) >= 11 is 0. The molecule has 0 aliphatic rings. The molecule has 0 aliphatic carbocycles. The first-order chi connectivity index (χ1) is 27.6. The first-order valence-electron chi connectivity index (χ1n) is 21.0. The van der Waals surface area contributed by atoms with Gasteiger partial charge in [0.05, 0.1) is 33.1 Å². The van der Waals surface area contributed by atoms with E-state index >= 15 is 0 Å². The summed E-state index contributed by atoms with van der Waals surface area (Å²) in [5.41, 5.74) is 16.9. The van der Waals surface area contributed by atoms with Crippen LogP contribution in [0.2, 0.25) is 0 Å². The fourth-order valence-electron chi connectivity index (χ4n) is 10.0. The van der Waals surface area contributed by atoms with Crippen LogP contribution in [-0.2, 0) is 16.2 Å². The maximum Gasteiger partial charge on any atom is 0.144 e. The van der Waals surface area contributed by atoms with Gasteiger partial charge in [-0.25, -0.2) is 4.90 Å². The number of rotatable bonds is 3. The number of aromatic nitrogens is 2. The minimum absolute atomic E-state index is 0.00306. The van der Waals surface area contributed by atoms with Crippen molar-refractivity contribution in [3.63, 3.8) is 0 Å². The molecular weight excluding hydrogens is 703 g/mol. The Bertz CT molecular complexity index is 3440. The molecular formula is C55H52N3+. The summed E-state index contributed by atoms with van der Waals surface area (Å²) in [4.78, 5) is 1.27. The Balaban J connectivity index is 1.29. The van der Waals surface area contributed by atoms with Gasteiger partial charge < -0.3 is 8.80 Å². The van der Waals surface area contributed by atoms with Gasteiger partial charge in [0, 0.05) is 66.9 Å². The first-order valence-corrected chi connectivity index (χ1v) is 21.0. The van der Waals surface area contributed by atoms with Crippen molar-refractivity contribution in [3.05, 3.63) is 150 Å². The predicted molar refractivity (Wildman–Crippen MR) is 249 cm³/mol. The highest BCUT2D eigenvalue weighted by Gasteiger charge is 2.29. The van der Waals surface area contributed by atoms with Crippen LogP contribution in [0.5, 0.6) is 0 Å². The molecule has 11 aromatic rings. The summed E-state index contributed by atoms with van der Waals surface area (Å²) in [5.74, 6) is 0. The zero-order valence-corrected chi connectivity index (χ0v) is 35.5. The quantitative estimate of drug-likeness (QED) is 0.185. The van der Waals surface area contributed by atoms with E-state index in [1.54, 1.807) is 0 Å². The van der Waals surface area contributed by atoms with E-state index in [9.17, 15) is 0 Å². The molecule has 4 heterocycles. The summed E-state index contributed by atoms with van der Waals surface area (Å²) in [6.45, 7) is 23.3. The summed E-state index contributed by atoms with van der Waals surface area (Å²) in [6, 6.07) is 49.1. The van der Waals surface area contributed by atoms with Crippen LogP contribution < -0.4 is 4.90 Å². The standard InChI is InChI=1S/C55H51N3/c1-32-16-14-15-19-46(32)56(36-17-12-11-13-18-36)37-21-22-38-42-25-34(54(5,6)7)27-44-41-30-49-40(31-50(41)58(51(42)44)48(38)29-37)45-28-35(55(8,9)10)26-43-39-24-33(53(2,3)4)20-23-47(39)57(49)52(43)45/h11-31H,1-10H3/p+1. The second-order valence-corrected chi connectivity index (χ2v) is 20.2. The Morgan fingerprint density at radius 1 is 0.362 bits per heavy atom. The molecule has 7 aromatic carbocycles. The van der Waals surface area contributed by atoms with Crippen LogP contribution in [0, 0.1) is 6.92 Å². The molecule has 0 radical (unpaired) electrons. The average Bonchev–Trinajstić information content (AvgIpc) is 3.89. The van der Waals surface area contributed by atoms with Crippen molar-refractivity contribution in [1.29, 1.82) is 0 Å². The molecule has 0 spiro atoms. The summed E-state index contributed by atoms with van der Waals surface area (Å²) in [6.07, 6.45) is 0. The molecule has 0 saturated carbocycles. The molecule has 0 saturated heterocycles. The summed E-state index contributed by atoms with van der Waals surface area (Å²) in [7, 11) is 0. The second-order valence-electron chi connectivity index (χ2n) is 20.2. The third-order valence-electron chi connectivity index (χ3n) is 13.3. The highest BCUT2D eigenvalue weighted by molar-refractivity contribution is 6.29. The third kappa shape index (κ3) is 4.89. The minimum atomic E-state index is -0.00915. The Morgan fingerprint density at radius 2 is 0.828 bits per heavy atom. The zero-order valence-electron chi connectivity index (χ0n) is 35.5. The van der Waals surface area contributed by atoms with Gasteiger partial charge in [-0.1, -0.05) is 105 Å². The van der Waals surface area contributed by atoms with Crippen molar-refractivity contribution in [3.8, 4) is 0 Å². The molecule has 11 rings (SSSR count). The van der Waals surface area contributed by atoms with Gasteiger partial charge in [0.25, 0.3) is 0 Å². The van der Waals surface area contributed by atoms with Crippen molar-refractivity contribution < 1.29 is 4.90 Å². The number of nitrogens with one attached hydrogen (secondary N) is 1. The van der Waals surface area contributed by atoms with Crippen LogP contribution in [0.25, 0.3) is 76.2 Å². The molecule has 0 fully saturated rings. The van der Waals surface area contributed by atoms with E-state index in [0.29, 0.717) is 0 Å². The van der Waals surface area contributed by atoms with Gasteiger partial charge in [0.15, 0.2) is 0 Å². The smallest absolute Gasteiger partial charge is 0.144 e. The van der Waals surface area contributed by atoms with E-state index in [-0.39, 0.29) is 16.2 Å². The van der Waals surface area contributed by atoms with Crippen molar-refractivity contribution in [2.45, 2.75) is 85.5 Å². The molecule has 0 amide bonds. The number of fused-ring (bicyclic) bond motifs is 12. The Morgan fingerprint density at radius 3 is 1.38 bits per heavy atom. The van der Waals surface area contributed by atoms with Gasteiger partial charge in [-0.05, 0) is 107 Å². The Kier molecular flexibility index (Phi) is 7.06. The van der Waals surface area contributed by atoms with Gasteiger partial charge in [0.1, 0.15) is 17.1 Å². The van der Waals surface area contributed by atoms with Gasteiger partial charge in [-0.3, -0.25) is 0 Å². The maximum atomic E-state index is 2.60. The Hall–Kier alpha value is -5.90. The van der Waals surface area contributed by atoms with Gasteiger partial charge in [-0.15, -0.1) is 0 Å². The number of aryl methyl sites for hydroxylation is 1. The van der Waals surface area contributed by atoms with Crippen molar-refractivity contribution in [2.75, 3.05) is 0 Å². The number of quaternary nitrogens is 1. The van der Waals surface area contributed by atoms with E-state index in [1.807, 2.05) is 0 Å². The van der Waals surface area contributed by atoms with Crippen molar-refractivity contribution >= 4 is 93.3 Å². The number of hydrogen-bond donors (Lipinski definition) is 1. The lowest BCUT2D eigenvalue weighted by atomic mass is 9.84. The van der Waals surface area contributed by atoms with Gasteiger partial charge >= 0.3 is 0 Å². The maximum absolute atomic E-state index is 2.60. The van der Waals surface area contributed by atoms with E-state index in [0.717, 1.165) is 0 Å². The molecule has 0 bridgehead atoms.